The number of anilines is 1. The number of carboxylic acid groups (broad SMARTS) is 1. The lowest BCUT2D eigenvalue weighted by Crippen LogP contribution is -2.41. The molecule has 2 N–H and O–H groups in total. The molecule has 2 bridgehead atoms. The van der Waals surface area contributed by atoms with Crippen molar-refractivity contribution in [2.24, 2.45) is 11.8 Å². The number of aromatic nitrogens is 1. The molecule has 9 heteroatoms. The minimum absolute atomic E-state index is 0.0898. The summed E-state index contributed by atoms with van der Waals surface area (Å²) in [5.74, 6) is -3.08. The Morgan fingerprint density at radius 2 is 2.07 bits per heavy atom. The highest BCUT2D eigenvalue weighted by Gasteiger charge is 2.67. The first-order valence-electron chi connectivity index (χ1n) is 9.48. The Hall–Kier alpha value is -3.07. The first-order valence-corrected chi connectivity index (χ1v) is 9.48. The molecule has 0 radical (unpaired) electrons. The van der Waals surface area contributed by atoms with Crippen molar-refractivity contribution in [2.75, 3.05) is 11.9 Å². The standard InChI is InChI=1S/C20H21N3O6/c1-11-3-2-4-13(21-11)22-14(24)6-9-20-8-5-12(29-20)16-17(20)19(28)23(18(16)27)10-7-15(25)26/h2-5,8,12,16-17H,6-7,9-10H2,1H3,(H,25,26)(H,21,22,24)/t12-,16+,17-,20-/m0/s1. The molecule has 3 aliphatic rings. The fourth-order valence-corrected chi connectivity index (χ4v) is 4.41. The lowest BCUT2D eigenvalue weighted by Gasteiger charge is -2.28. The quantitative estimate of drug-likeness (QED) is 0.515. The Morgan fingerprint density at radius 3 is 2.79 bits per heavy atom. The van der Waals surface area contributed by atoms with E-state index in [0.29, 0.717) is 5.82 Å². The number of aliphatic carboxylic acids is 1. The van der Waals surface area contributed by atoms with Crippen LogP contribution in [0.2, 0.25) is 0 Å². The summed E-state index contributed by atoms with van der Waals surface area (Å²) in [6.45, 7) is 1.67. The van der Waals surface area contributed by atoms with Crippen molar-refractivity contribution in [1.29, 1.82) is 0 Å². The van der Waals surface area contributed by atoms with E-state index in [0.717, 1.165) is 10.6 Å². The fourth-order valence-electron chi connectivity index (χ4n) is 4.41. The summed E-state index contributed by atoms with van der Waals surface area (Å²) in [5, 5.41) is 11.6. The van der Waals surface area contributed by atoms with E-state index in [2.05, 4.69) is 10.3 Å². The molecule has 1 aromatic rings. The van der Waals surface area contributed by atoms with E-state index in [1.54, 1.807) is 24.3 Å². The minimum atomic E-state index is -1.07. The zero-order chi connectivity index (χ0) is 20.8. The molecular formula is C20H21N3O6. The van der Waals surface area contributed by atoms with Crippen LogP contribution in [-0.4, -0.2) is 56.9 Å². The highest BCUT2D eigenvalue weighted by molar-refractivity contribution is 6.07. The maximum Gasteiger partial charge on any atom is 0.305 e. The zero-order valence-corrected chi connectivity index (χ0v) is 15.8. The molecule has 29 heavy (non-hydrogen) atoms. The third kappa shape index (κ3) is 3.31. The molecule has 3 aliphatic heterocycles. The monoisotopic (exact) mass is 399 g/mol. The summed E-state index contributed by atoms with van der Waals surface area (Å²) in [5.41, 5.74) is -0.237. The molecule has 4 atom stereocenters. The summed E-state index contributed by atoms with van der Waals surface area (Å²) in [4.78, 5) is 54.0. The summed E-state index contributed by atoms with van der Waals surface area (Å²) in [6, 6.07) is 5.31. The number of carboxylic acids is 1. The highest BCUT2D eigenvalue weighted by Crippen LogP contribution is 2.53. The highest BCUT2D eigenvalue weighted by atomic mass is 16.5. The molecule has 0 aromatic carbocycles. The molecule has 1 aromatic heterocycles. The van der Waals surface area contributed by atoms with Gasteiger partial charge in [0.2, 0.25) is 17.7 Å². The van der Waals surface area contributed by atoms with Gasteiger partial charge in [-0.2, -0.15) is 0 Å². The van der Waals surface area contributed by atoms with Gasteiger partial charge in [-0.3, -0.25) is 24.1 Å². The Kier molecular flexibility index (Phi) is 4.70. The third-order valence-electron chi connectivity index (χ3n) is 5.69. The molecule has 152 valence electrons. The van der Waals surface area contributed by atoms with Gasteiger partial charge >= 0.3 is 5.97 Å². The van der Waals surface area contributed by atoms with Crippen LogP contribution >= 0.6 is 0 Å². The summed E-state index contributed by atoms with van der Waals surface area (Å²) in [7, 11) is 0. The number of likely N-dealkylation sites (tertiary alicyclic amines) is 1. The molecule has 4 rings (SSSR count). The summed E-state index contributed by atoms with van der Waals surface area (Å²) >= 11 is 0. The second-order valence-corrected chi connectivity index (χ2v) is 7.58. The predicted octanol–water partition coefficient (Wildman–Crippen LogP) is 0.892. The number of hydrogen-bond acceptors (Lipinski definition) is 6. The number of rotatable bonds is 7. The Labute approximate surface area is 166 Å². The summed E-state index contributed by atoms with van der Waals surface area (Å²) < 4.78 is 5.97. The largest absolute Gasteiger partial charge is 0.481 e. The first-order chi connectivity index (χ1) is 13.8. The fraction of sp³-hybridized carbons (Fsp3) is 0.450. The minimum Gasteiger partial charge on any atom is -0.481 e. The van der Waals surface area contributed by atoms with Crippen LogP contribution in [-0.2, 0) is 23.9 Å². The van der Waals surface area contributed by atoms with Gasteiger partial charge in [0.05, 0.1) is 24.4 Å². The average Bonchev–Trinajstić information content (AvgIpc) is 3.30. The molecular weight excluding hydrogens is 378 g/mol. The Balaban J connectivity index is 1.44. The number of nitrogens with one attached hydrogen (secondary N) is 1. The van der Waals surface area contributed by atoms with Crippen molar-refractivity contribution in [3.05, 3.63) is 36.0 Å². The Bertz CT molecular complexity index is 929. The van der Waals surface area contributed by atoms with Crippen molar-refractivity contribution < 1.29 is 29.0 Å². The van der Waals surface area contributed by atoms with Crippen LogP contribution in [0.3, 0.4) is 0 Å². The van der Waals surface area contributed by atoms with E-state index >= 15 is 0 Å². The van der Waals surface area contributed by atoms with Gasteiger partial charge in [0, 0.05) is 18.7 Å². The smallest absolute Gasteiger partial charge is 0.305 e. The number of pyridine rings is 1. The van der Waals surface area contributed by atoms with Crippen molar-refractivity contribution >= 4 is 29.5 Å². The molecule has 2 fully saturated rings. The predicted molar refractivity (Wildman–Crippen MR) is 99.5 cm³/mol. The maximum atomic E-state index is 12.9. The molecule has 3 amide bonds. The number of aryl methyl sites for hydroxylation is 1. The van der Waals surface area contributed by atoms with Gasteiger partial charge in [-0.15, -0.1) is 0 Å². The lowest BCUT2D eigenvalue weighted by atomic mass is 9.75. The molecule has 0 aliphatic carbocycles. The number of fused-ring (bicyclic) bond motifs is 5. The van der Waals surface area contributed by atoms with Crippen LogP contribution in [0, 0.1) is 18.8 Å². The van der Waals surface area contributed by atoms with E-state index in [1.807, 2.05) is 13.0 Å². The maximum absolute atomic E-state index is 12.9. The van der Waals surface area contributed by atoms with Crippen LogP contribution in [0.5, 0.6) is 0 Å². The Morgan fingerprint density at radius 1 is 1.28 bits per heavy atom. The van der Waals surface area contributed by atoms with Crippen molar-refractivity contribution in [2.45, 2.75) is 37.9 Å². The van der Waals surface area contributed by atoms with Gasteiger partial charge in [0.1, 0.15) is 11.4 Å². The number of carbonyl (C=O) groups is 4. The number of imide groups is 1. The van der Waals surface area contributed by atoms with E-state index < -0.39 is 41.3 Å². The lowest BCUT2D eigenvalue weighted by molar-refractivity contribution is -0.146. The molecule has 0 spiro atoms. The van der Waals surface area contributed by atoms with Gasteiger partial charge in [-0.1, -0.05) is 18.2 Å². The van der Waals surface area contributed by atoms with E-state index in [9.17, 15) is 19.2 Å². The van der Waals surface area contributed by atoms with Gasteiger partial charge in [0.15, 0.2) is 0 Å². The molecule has 2 saturated heterocycles. The molecule has 0 unspecified atom stereocenters. The second kappa shape index (κ2) is 7.07. The van der Waals surface area contributed by atoms with Crippen molar-refractivity contribution in [3.63, 3.8) is 0 Å². The zero-order valence-electron chi connectivity index (χ0n) is 15.8. The average molecular weight is 399 g/mol. The van der Waals surface area contributed by atoms with Crippen LogP contribution in [0.25, 0.3) is 0 Å². The topological polar surface area (TPSA) is 126 Å². The third-order valence-corrected chi connectivity index (χ3v) is 5.69. The molecule has 0 saturated carbocycles. The molecule has 4 heterocycles. The van der Waals surface area contributed by atoms with Gasteiger partial charge in [-0.05, 0) is 25.5 Å². The number of nitrogens with zero attached hydrogens (tertiary/aromatic N) is 2. The number of carbonyl (C=O) groups excluding carboxylic acids is 3. The normalized spacial score (nSPS) is 29.4. The first kappa shape index (κ1) is 19.3. The van der Waals surface area contributed by atoms with Crippen LogP contribution in [0.1, 0.15) is 25.0 Å². The number of ether oxygens (including phenoxy) is 1. The van der Waals surface area contributed by atoms with Gasteiger partial charge in [-0.25, -0.2) is 4.98 Å². The molecule has 9 nitrogen and oxygen atoms in total. The van der Waals surface area contributed by atoms with Crippen molar-refractivity contribution in [1.82, 2.24) is 9.88 Å². The van der Waals surface area contributed by atoms with Crippen LogP contribution in [0.15, 0.2) is 30.4 Å². The van der Waals surface area contributed by atoms with E-state index in [4.69, 9.17) is 9.84 Å². The number of hydrogen-bond donors (Lipinski definition) is 2. The van der Waals surface area contributed by atoms with Crippen LogP contribution in [0.4, 0.5) is 5.82 Å². The van der Waals surface area contributed by atoms with Crippen molar-refractivity contribution in [3.8, 4) is 0 Å². The van der Waals surface area contributed by atoms with E-state index in [1.165, 1.54) is 0 Å². The SMILES string of the molecule is Cc1cccc(NC(=O)CC[C@]23C=C[C@H](O2)[C@H]2C(=O)N(CCC(=O)O)C(=O)[C@H]23)n1. The van der Waals surface area contributed by atoms with Crippen LogP contribution < -0.4 is 5.32 Å². The number of amides is 3. The second-order valence-electron chi connectivity index (χ2n) is 7.58. The summed E-state index contributed by atoms with van der Waals surface area (Å²) in [6.07, 6.45) is 3.04. The van der Waals surface area contributed by atoms with E-state index in [-0.39, 0.29) is 31.7 Å². The van der Waals surface area contributed by atoms with Gasteiger partial charge < -0.3 is 15.2 Å². The van der Waals surface area contributed by atoms with Gasteiger partial charge in [0.25, 0.3) is 0 Å².